The molecule has 0 aliphatic rings. The number of anilines is 1. The summed E-state index contributed by atoms with van der Waals surface area (Å²) in [5, 5.41) is 3.37. The van der Waals surface area contributed by atoms with Crippen molar-refractivity contribution in [3.05, 3.63) is 90.9 Å². The molecule has 0 unspecified atom stereocenters. The van der Waals surface area contributed by atoms with Gasteiger partial charge in [0.25, 0.3) is 0 Å². The van der Waals surface area contributed by atoms with Crippen LogP contribution in [0.15, 0.2) is 85.3 Å². The SMILES string of the molecule is Cn1c(-c2ccc(-c3ccccc3)cc2)cnc1NCc1cccnc1. The Kier molecular flexibility index (Phi) is 4.48. The van der Waals surface area contributed by atoms with Gasteiger partial charge in [0.15, 0.2) is 0 Å². The van der Waals surface area contributed by atoms with E-state index >= 15 is 0 Å². The minimum absolute atomic E-state index is 0.699. The van der Waals surface area contributed by atoms with Crippen LogP contribution in [0.3, 0.4) is 0 Å². The number of benzene rings is 2. The third-order valence-corrected chi connectivity index (χ3v) is 4.45. The average Bonchev–Trinajstić information content (AvgIpc) is 3.08. The summed E-state index contributed by atoms with van der Waals surface area (Å²) in [6.07, 6.45) is 5.55. The highest BCUT2D eigenvalue weighted by Crippen LogP contribution is 2.26. The molecule has 2 heterocycles. The number of hydrogen-bond donors (Lipinski definition) is 1. The molecule has 0 spiro atoms. The molecule has 26 heavy (non-hydrogen) atoms. The summed E-state index contributed by atoms with van der Waals surface area (Å²) in [6, 6.07) is 23.0. The second kappa shape index (κ2) is 7.23. The number of hydrogen-bond acceptors (Lipinski definition) is 3. The molecule has 2 aromatic carbocycles. The zero-order valence-corrected chi connectivity index (χ0v) is 14.6. The fraction of sp³-hybridized carbons (Fsp3) is 0.0909. The Bertz CT molecular complexity index is 974. The molecule has 0 bridgehead atoms. The lowest BCUT2D eigenvalue weighted by Crippen LogP contribution is -2.05. The van der Waals surface area contributed by atoms with Crippen LogP contribution >= 0.6 is 0 Å². The van der Waals surface area contributed by atoms with Gasteiger partial charge in [-0.2, -0.15) is 0 Å². The molecule has 0 fully saturated rings. The fourth-order valence-corrected chi connectivity index (χ4v) is 2.99. The molecule has 1 N–H and O–H groups in total. The summed E-state index contributed by atoms with van der Waals surface area (Å²) < 4.78 is 2.08. The summed E-state index contributed by atoms with van der Waals surface area (Å²) in [5.41, 5.74) is 5.80. The van der Waals surface area contributed by atoms with E-state index in [1.54, 1.807) is 6.20 Å². The van der Waals surface area contributed by atoms with E-state index in [-0.39, 0.29) is 0 Å². The Balaban J connectivity index is 1.52. The van der Waals surface area contributed by atoms with Crippen LogP contribution in [0.4, 0.5) is 5.95 Å². The molecular weight excluding hydrogens is 320 g/mol. The van der Waals surface area contributed by atoms with Crippen molar-refractivity contribution in [1.29, 1.82) is 0 Å². The summed E-state index contributed by atoms with van der Waals surface area (Å²) >= 11 is 0. The van der Waals surface area contributed by atoms with Gasteiger partial charge in [-0.25, -0.2) is 4.98 Å². The normalized spacial score (nSPS) is 10.7. The van der Waals surface area contributed by atoms with Gasteiger partial charge >= 0.3 is 0 Å². The van der Waals surface area contributed by atoms with Crippen LogP contribution in [0.5, 0.6) is 0 Å². The maximum absolute atomic E-state index is 4.52. The molecule has 0 aliphatic heterocycles. The van der Waals surface area contributed by atoms with E-state index in [1.807, 2.05) is 37.6 Å². The predicted octanol–water partition coefficient (Wildman–Crippen LogP) is 4.76. The average molecular weight is 340 g/mol. The molecule has 2 aromatic heterocycles. The maximum atomic E-state index is 4.52. The molecule has 4 heteroatoms. The zero-order chi connectivity index (χ0) is 17.8. The highest BCUT2D eigenvalue weighted by atomic mass is 15.2. The first-order valence-electron chi connectivity index (χ1n) is 8.61. The Morgan fingerprint density at radius 1 is 0.808 bits per heavy atom. The summed E-state index contributed by atoms with van der Waals surface area (Å²) in [4.78, 5) is 8.66. The molecule has 0 amide bonds. The van der Waals surface area contributed by atoms with Crippen molar-refractivity contribution < 1.29 is 0 Å². The van der Waals surface area contributed by atoms with Crippen LogP contribution in [-0.4, -0.2) is 14.5 Å². The summed E-state index contributed by atoms with van der Waals surface area (Å²) in [6.45, 7) is 0.699. The maximum Gasteiger partial charge on any atom is 0.203 e. The Morgan fingerprint density at radius 2 is 1.54 bits per heavy atom. The second-order valence-electron chi connectivity index (χ2n) is 6.18. The van der Waals surface area contributed by atoms with Crippen LogP contribution in [0.25, 0.3) is 22.4 Å². The van der Waals surface area contributed by atoms with E-state index in [2.05, 4.69) is 68.4 Å². The van der Waals surface area contributed by atoms with E-state index in [0.29, 0.717) is 6.54 Å². The van der Waals surface area contributed by atoms with E-state index in [1.165, 1.54) is 11.1 Å². The van der Waals surface area contributed by atoms with E-state index < -0.39 is 0 Å². The van der Waals surface area contributed by atoms with Gasteiger partial charge < -0.3 is 9.88 Å². The van der Waals surface area contributed by atoms with Gasteiger partial charge in [0, 0.05) is 26.0 Å². The molecule has 0 atom stereocenters. The van der Waals surface area contributed by atoms with E-state index in [9.17, 15) is 0 Å². The molecular formula is C22H20N4. The molecule has 4 nitrogen and oxygen atoms in total. The van der Waals surface area contributed by atoms with Gasteiger partial charge in [0.2, 0.25) is 5.95 Å². The largest absolute Gasteiger partial charge is 0.352 e. The van der Waals surface area contributed by atoms with Crippen molar-refractivity contribution in [2.45, 2.75) is 6.54 Å². The van der Waals surface area contributed by atoms with Crippen LogP contribution in [0.1, 0.15) is 5.56 Å². The minimum atomic E-state index is 0.699. The smallest absolute Gasteiger partial charge is 0.203 e. The first kappa shape index (κ1) is 16.1. The molecule has 0 saturated carbocycles. The van der Waals surface area contributed by atoms with Gasteiger partial charge in [0.1, 0.15) is 0 Å². The van der Waals surface area contributed by atoms with Crippen molar-refractivity contribution in [2.75, 3.05) is 5.32 Å². The van der Waals surface area contributed by atoms with Crippen molar-refractivity contribution in [2.24, 2.45) is 7.05 Å². The van der Waals surface area contributed by atoms with Crippen LogP contribution < -0.4 is 5.32 Å². The van der Waals surface area contributed by atoms with Gasteiger partial charge in [-0.15, -0.1) is 0 Å². The number of imidazole rings is 1. The van der Waals surface area contributed by atoms with Crippen LogP contribution in [0, 0.1) is 0 Å². The van der Waals surface area contributed by atoms with Crippen LogP contribution in [0.2, 0.25) is 0 Å². The second-order valence-corrected chi connectivity index (χ2v) is 6.18. The Hall–Kier alpha value is -3.40. The third kappa shape index (κ3) is 3.35. The predicted molar refractivity (Wildman–Crippen MR) is 106 cm³/mol. The molecule has 0 radical (unpaired) electrons. The van der Waals surface area contributed by atoms with Crippen LogP contribution in [-0.2, 0) is 13.6 Å². The number of nitrogens with one attached hydrogen (secondary N) is 1. The molecule has 0 saturated heterocycles. The lowest BCUT2D eigenvalue weighted by atomic mass is 10.0. The number of rotatable bonds is 5. The quantitative estimate of drug-likeness (QED) is 0.569. The van der Waals surface area contributed by atoms with Crippen molar-refractivity contribution >= 4 is 5.95 Å². The summed E-state index contributed by atoms with van der Waals surface area (Å²) in [5.74, 6) is 0.844. The zero-order valence-electron chi connectivity index (χ0n) is 14.6. The highest BCUT2D eigenvalue weighted by molar-refractivity contribution is 5.69. The molecule has 4 aromatic rings. The summed E-state index contributed by atoms with van der Waals surface area (Å²) in [7, 11) is 2.03. The number of aromatic nitrogens is 3. The first-order chi connectivity index (χ1) is 12.8. The van der Waals surface area contributed by atoms with Gasteiger partial charge in [0.05, 0.1) is 11.9 Å². The van der Waals surface area contributed by atoms with Crippen molar-refractivity contribution in [1.82, 2.24) is 14.5 Å². The lowest BCUT2D eigenvalue weighted by molar-refractivity contribution is 0.905. The molecule has 0 aliphatic carbocycles. The Morgan fingerprint density at radius 3 is 2.27 bits per heavy atom. The highest BCUT2D eigenvalue weighted by Gasteiger charge is 2.09. The van der Waals surface area contributed by atoms with Gasteiger partial charge in [-0.1, -0.05) is 60.7 Å². The topological polar surface area (TPSA) is 42.7 Å². The van der Waals surface area contributed by atoms with Gasteiger partial charge in [-0.3, -0.25) is 4.98 Å². The minimum Gasteiger partial charge on any atom is -0.352 e. The fourth-order valence-electron chi connectivity index (χ4n) is 2.99. The molecule has 4 rings (SSSR count). The lowest BCUT2D eigenvalue weighted by Gasteiger charge is -2.09. The monoisotopic (exact) mass is 340 g/mol. The number of nitrogens with zero attached hydrogens (tertiary/aromatic N) is 3. The first-order valence-corrected chi connectivity index (χ1v) is 8.61. The van der Waals surface area contributed by atoms with Crippen molar-refractivity contribution in [3.63, 3.8) is 0 Å². The van der Waals surface area contributed by atoms with Gasteiger partial charge in [-0.05, 0) is 28.3 Å². The van der Waals surface area contributed by atoms with Crippen molar-refractivity contribution in [3.8, 4) is 22.4 Å². The number of pyridine rings is 1. The van der Waals surface area contributed by atoms with E-state index in [4.69, 9.17) is 0 Å². The third-order valence-electron chi connectivity index (χ3n) is 4.45. The van der Waals surface area contributed by atoms with E-state index in [0.717, 1.165) is 22.8 Å². The Labute approximate surface area is 153 Å². The molecule has 128 valence electrons. The standard InChI is InChI=1S/C22H20N4/c1-26-21(16-25-22(26)24-15-17-6-5-13-23-14-17)20-11-9-19(10-12-20)18-7-3-2-4-8-18/h2-14,16H,15H2,1H3,(H,24,25).